The molecule has 3 heterocycles. The van der Waals surface area contributed by atoms with Crippen molar-refractivity contribution in [3.63, 3.8) is 0 Å². The summed E-state index contributed by atoms with van der Waals surface area (Å²) < 4.78 is 82.6. The Morgan fingerprint density at radius 1 is 1.09 bits per heavy atom. The third kappa shape index (κ3) is 6.65. The largest absolute Gasteiger partial charge is 0.394 e. The molecule has 10 nitrogen and oxygen atoms in total. The number of likely N-dealkylation sites (tertiary alicyclic amines) is 1. The zero-order valence-electron chi connectivity index (χ0n) is 25.8. The number of aliphatic hydroxyl groups is 3. The minimum absolute atomic E-state index is 0.0440. The van der Waals surface area contributed by atoms with E-state index in [0.717, 1.165) is 56.0 Å². The van der Waals surface area contributed by atoms with Gasteiger partial charge in [-0.2, -0.15) is 0 Å². The van der Waals surface area contributed by atoms with Gasteiger partial charge in [-0.1, -0.05) is 11.6 Å². The summed E-state index contributed by atoms with van der Waals surface area (Å²) in [7, 11) is 1.34. The molecule has 0 radical (unpaired) electrons. The minimum atomic E-state index is -2.88. The summed E-state index contributed by atoms with van der Waals surface area (Å²) in [5, 5.41) is 40.4. The van der Waals surface area contributed by atoms with Gasteiger partial charge >= 0.3 is 0 Å². The SMILES string of the molecule is CO[C@@H]1[C@@H](n2cc(-c3cc(F)c(F)c(F)c3)nn2)[C@@H](O)[C@@H](CO)O[C@H]1SC(C(=O)N1CCC(F)(F)CC1)C1(O)CCC2(CCC2)CC1. The van der Waals surface area contributed by atoms with Gasteiger partial charge in [-0.3, -0.25) is 4.79 Å². The summed E-state index contributed by atoms with van der Waals surface area (Å²) in [6.07, 6.45) is 1.91. The van der Waals surface area contributed by atoms with Crippen LogP contribution in [0.25, 0.3) is 11.3 Å². The van der Waals surface area contributed by atoms with Crippen LogP contribution in [0.15, 0.2) is 18.3 Å². The molecule has 2 aliphatic carbocycles. The molecule has 1 aromatic heterocycles. The second-order valence-corrected chi connectivity index (χ2v) is 14.6. The van der Waals surface area contributed by atoms with Crippen LogP contribution in [0, 0.1) is 22.9 Å². The van der Waals surface area contributed by atoms with Gasteiger partial charge in [0.05, 0.1) is 18.4 Å². The molecule has 4 fully saturated rings. The predicted molar refractivity (Wildman–Crippen MR) is 159 cm³/mol. The van der Waals surface area contributed by atoms with Gasteiger partial charge in [0, 0.05) is 38.6 Å². The van der Waals surface area contributed by atoms with Crippen molar-refractivity contribution in [2.45, 2.75) is 104 Å². The number of carbonyl (C=O) groups excluding carboxylic acids is 1. The number of amides is 1. The van der Waals surface area contributed by atoms with E-state index in [1.807, 2.05) is 0 Å². The van der Waals surface area contributed by atoms with E-state index < -0.39 is 89.4 Å². The molecule has 2 saturated heterocycles. The summed E-state index contributed by atoms with van der Waals surface area (Å²) in [6.45, 7) is -0.988. The maximum absolute atomic E-state index is 14.1. The Morgan fingerprint density at radius 3 is 2.28 bits per heavy atom. The fraction of sp³-hybridized carbons (Fsp3) is 0.710. The molecule has 6 rings (SSSR count). The lowest BCUT2D eigenvalue weighted by Gasteiger charge is -2.52. The van der Waals surface area contributed by atoms with Crippen molar-refractivity contribution in [1.29, 1.82) is 0 Å². The second kappa shape index (κ2) is 13.2. The quantitative estimate of drug-likeness (QED) is 0.280. The van der Waals surface area contributed by atoms with Gasteiger partial charge < -0.3 is 29.7 Å². The summed E-state index contributed by atoms with van der Waals surface area (Å²) in [4.78, 5) is 15.5. The summed E-state index contributed by atoms with van der Waals surface area (Å²) in [5.74, 6) is -7.88. The molecule has 1 amide bonds. The molecular formula is C31H39F5N4O6S. The zero-order chi connectivity index (χ0) is 33.7. The molecule has 47 heavy (non-hydrogen) atoms. The van der Waals surface area contributed by atoms with Gasteiger partial charge in [0.25, 0.3) is 5.92 Å². The summed E-state index contributed by atoms with van der Waals surface area (Å²) in [5.41, 5.74) is -2.58. The number of thioether (sulfide) groups is 1. The van der Waals surface area contributed by atoms with Gasteiger partial charge in [0.15, 0.2) is 17.5 Å². The molecule has 2 aromatic rings. The molecule has 1 aromatic carbocycles. The van der Waals surface area contributed by atoms with Crippen LogP contribution in [-0.4, -0.2) is 108 Å². The van der Waals surface area contributed by atoms with Crippen LogP contribution in [0.4, 0.5) is 22.0 Å². The number of nitrogens with zero attached hydrogens (tertiary/aromatic N) is 4. The molecule has 6 atom stereocenters. The van der Waals surface area contributed by atoms with Crippen molar-refractivity contribution in [1.82, 2.24) is 19.9 Å². The molecular weight excluding hydrogens is 651 g/mol. The lowest BCUT2D eigenvalue weighted by Crippen LogP contribution is -2.59. The number of alkyl halides is 2. The zero-order valence-corrected chi connectivity index (χ0v) is 26.7. The van der Waals surface area contributed by atoms with Crippen LogP contribution in [0.3, 0.4) is 0 Å². The maximum Gasteiger partial charge on any atom is 0.251 e. The van der Waals surface area contributed by atoms with E-state index in [4.69, 9.17) is 9.47 Å². The fourth-order valence-electron chi connectivity index (χ4n) is 7.40. The van der Waals surface area contributed by atoms with Gasteiger partial charge in [0.1, 0.15) is 40.7 Å². The molecule has 16 heteroatoms. The van der Waals surface area contributed by atoms with Crippen LogP contribution in [0.2, 0.25) is 0 Å². The first-order valence-electron chi connectivity index (χ1n) is 15.9. The highest BCUT2D eigenvalue weighted by Gasteiger charge is 2.55. The summed E-state index contributed by atoms with van der Waals surface area (Å²) >= 11 is 0.959. The smallest absolute Gasteiger partial charge is 0.251 e. The number of carbonyl (C=O) groups is 1. The highest BCUT2D eigenvalue weighted by Crippen LogP contribution is 2.56. The average Bonchev–Trinajstić information content (AvgIpc) is 3.51. The van der Waals surface area contributed by atoms with Crippen LogP contribution < -0.4 is 0 Å². The number of hydrogen-bond acceptors (Lipinski definition) is 9. The monoisotopic (exact) mass is 690 g/mol. The van der Waals surface area contributed by atoms with E-state index in [1.54, 1.807) is 0 Å². The second-order valence-electron chi connectivity index (χ2n) is 13.4. The minimum Gasteiger partial charge on any atom is -0.394 e. The van der Waals surface area contributed by atoms with Crippen molar-refractivity contribution in [2.75, 3.05) is 26.8 Å². The number of halogens is 5. The average molecular weight is 691 g/mol. The molecule has 2 aliphatic heterocycles. The lowest BCUT2D eigenvalue weighted by molar-refractivity contribution is -0.186. The van der Waals surface area contributed by atoms with Crippen LogP contribution in [0.1, 0.15) is 63.8 Å². The van der Waals surface area contributed by atoms with Gasteiger partial charge in [0.2, 0.25) is 5.91 Å². The van der Waals surface area contributed by atoms with Gasteiger partial charge in [-0.15, -0.1) is 16.9 Å². The Balaban J connectivity index is 1.30. The Hall–Kier alpha value is -2.37. The van der Waals surface area contributed by atoms with E-state index in [9.17, 15) is 42.1 Å². The van der Waals surface area contributed by atoms with Crippen molar-refractivity contribution in [3.8, 4) is 11.3 Å². The number of rotatable bonds is 8. The molecule has 3 N–H and O–H groups in total. The van der Waals surface area contributed by atoms with E-state index >= 15 is 0 Å². The number of ether oxygens (including phenoxy) is 2. The van der Waals surface area contributed by atoms with Gasteiger partial charge in [-0.05, 0) is 56.1 Å². The standard InChI is InChI=1S/C31H39F5N4O6S/c1-45-25-23(40-15-20(37-38-40)17-13-18(32)22(34)19(33)14-17)24(42)21(16-41)46-28(25)47-26(27(43)39-11-9-31(35,36)10-12-39)30(44)7-5-29(6-8-30)3-2-4-29/h13-15,21,23-26,28,41-42,44H,2-12,16H2,1H3/t21-,23+,24+,25-,26?,28+/m1/s1. The Morgan fingerprint density at radius 2 is 1.72 bits per heavy atom. The first-order chi connectivity index (χ1) is 22.3. The predicted octanol–water partition coefficient (Wildman–Crippen LogP) is 3.83. The van der Waals surface area contributed by atoms with Gasteiger partial charge in [-0.25, -0.2) is 26.6 Å². The van der Waals surface area contributed by atoms with Crippen molar-refractivity contribution in [3.05, 3.63) is 35.8 Å². The Labute approximate surface area is 272 Å². The van der Waals surface area contributed by atoms with Crippen molar-refractivity contribution < 1.29 is 51.5 Å². The molecule has 1 unspecified atom stereocenters. The van der Waals surface area contributed by atoms with Crippen LogP contribution in [-0.2, 0) is 14.3 Å². The number of hydrogen-bond donors (Lipinski definition) is 3. The molecule has 4 aliphatic rings. The normalized spacial score (nSPS) is 30.6. The van der Waals surface area contributed by atoms with E-state index in [-0.39, 0.29) is 29.8 Å². The number of methoxy groups -OCH3 is 1. The topological polar surface area (TPSA) is 130 Å². The van der Waals surface area contributed by atoms with Crippen LogP contribution in [0.5, 0.6) is 0 Å². The highest BCUT2D eigenvalue weighted by atomic mass is 32.2. The molecule has 260 valence electrons. The maximum atomic E-state index is 14.1. The lowest BCUT2D eigenvalue weighted by atomic mass is 9.58. The number of benzene rings is 1. The molecule has 2 saturated carbocycles. The van der Waals surface area contributed by atoms with Crippen molar-refractivity contribution in [2.24, 2.45) is 5.41 Å². The summed E-state index contributed by atoms with van der Waals surface area (Å²) in [6, 6.07) is 0.395. The first kappa shape index (κ1) is 34.5. The van der Waals surface area contributed by atoms with E-state index in [2.05, 4.69) is 10.3 Å². The van der Waals surface area contributed by atoms with Crippen molar-refractivity contribution >= 4 is 17.7 Å². The molecule has 0 bridgehead atoms. The van der Waals surface area contributed by atoms with Crippen LogP contribution >= 0.6 is 11.8 Å². The molecule has 1 spiro atoms. The Kier molecular flexibility index (Phi) is 9.66. The third-order valence-corrected chi connectivity index (χ3v) is 12.1. The number of aromatic nitrogens is 3. The van der Waals surface area contributed by atoms with E-state index in [1.165, 1.54) is 22.9 Å². The first-order valence-corrected chi connectivity index (χ1v) is 16.8. The highest BCUT2D eigenvalue weighted by molar-refractivity contribution is 8.01. The fourth-order valence-corrected chi connectivity index (χ4v) is 9.06. The number of piperidine rings is 1. The number of aliphatic hydroxyl groups excluding tert-OH is 2. The Bertz CT molecular complexity index is 1420. The third-order valence-electron chi connectivity index (χ3n) is 10.6. The van der Waals surface area contributed by atoms with E-state index in [0.29, 0.717) is 12.8 Å².